The summed E-state index contributed by atoms with van der Waals surface area (Å²) in [6.07, 6.45) is -0.283. The first-order chi connectivity index (χ1) is 9.94. The third-order valence-corrected chi connectivity index (χ3v) is 5.90. The number of aryl methyl sites for hydroxylation is 1. The smallest absolute Gasteiger partial charge is 0.241 e. The van der Waals surface area contributed by atoms with E-state index in [0.29, 0.717) is 29.9 Å². The molecule has 0 saturated carbocycles. The van der Waals surface area contributed by atoms with Crippen molar-refractivity contribution >= 4 is 26.0 Å². The number of sulfonamides is 1. The molecule has 1 aromatic carbocycles. The largest absolute Gasteiger partial charge is 0.392 e. The molecule has 1 unspecified atom stereocenters. The number of aliphatic hydroxyl groups is 1. The third kappa shape index (κ3) is 4.24. The third-order valence-electron chi connectivity index (χ3n) is 3.14. The molecule has 1 saturated heterocycles. The molecule has 1 fully saturated rings. The van der Waals surface area contributed by atoms with Gasteiger partial charge in [0.25, 0.3) is 0 Å². The summed E-state index contributed by atoms with van der Waals surface area (Å²) in [5.41, 5.74) is 1.30. The highest BCUT2D eigenvalue weighted by molar-refractivity contribution is 9.10. The summed E-state index contributed by atoms with van der Waals surface area (Å²) in [6.45, 7) is 3.09. The molecule has 1 atom stereocenters. The summed E-state index contributed by atoms with van der Waals surface area (Å²) in [6, 6.07) is 3.19. The van der Waals surface area contributed by atoms with E-state index in [9.17, 15) is 13.5 Å². The van der Waals surface area contributed by atoms with E-state index in [1.807, 2.05) is 0 Å². The molecule has 6 nitrogen and oxygen atoms in total. The van der Waals surface area contributed by atoms with Crippen LogP contribution < -0.4 is 4.72 Å². The van der Waals surface area contributed by atoms with Crippen LogP contribution in [0.15, 0.2) is 21.5 Å². The van der Waals surface area contributed by atoms with Crippen molar-refractivity contribution in [2.45, 2.75) is 24.5 Å². The van der Waals surface area contributed by atoms with Gasteiger partial charge in [0.1, 0.15) is 0 Å². The van der Waals surface area contributed by atoms with Crippen molar-refractivity contribution in [2.24, 2.45) is 0 Å². The Kier molecular flexibility index (Phi) is 5.75. The quantitative estimate of drug-likeness (QED) is 0.795. The Labute approximate surface area is 132 Å². The van der Waals surface area contributed by atoms with Gasteiger partial charge in [0.2, 0.25) is 10.0 Å². The molecule has 0 aliphatic carbocycles. The van der Waals surface area contributed by atoms with E-state index in [4.69, 9.17) is 9.47 Å². The Balaban J connectivity index is 2.16. The van der Waals surface area contributed by atoms with Gasteiger partial charge in [0.15, 0.2) is 0 Å². The van der Waals surface area contributed by atoms with E-state index in [1.165, 1.54) is 6.07 Å². The molecular formula is C13H18BrNO5S. The minimum absolute atomic E-state index is 0.114. The maximum absolute atomic E-state index is 12.4. The van der Waals surface area contributed by atoms with Crippen molar-refractivity contribution in [3.05, 3.63) is 27.7 Å². The van der Waals surface area contributed by atoms with Crippen LogP contribution in [0, 0.1) is 6.92 Å². The molecule has 0 bridgehead atoms. The van der Waals surface area contributed by atoms with E-state index in [1.54, 1.807) is 13.0 Å². The molecule has 0 radical (unpaired) electrons. The zero-order valence-electron chi connectivity index (χ0n) is 11.6. The lowest BCUT2D eigenvalue weighted by Gasteiger charge is -2.23. The van der Waals surface area contributed by atoms with E-state index in [2.05, 4.69) is 20.7 Å². The van der Waals surface area contributed by atoms with Crippen molar-refractivity contribution in [1.29, 1.82) is 0 Å². The van der Waals surface area contributed by atoms with Crippen LogP contribution in [0.3, 0.4) is 0 Å². The van der Waals surface area contributed by atoms with Crippen LogP contribution >= 0.6 is 15.9 Å². The van der Waals surface area contributed by atoms with Crippen molar-refractivity contribution in [2.75, 3.05) is 26.4 Å². The lowest BCUT2D eigenvalue weighted by molar-refractivity contribution is -0.0846. The number of halogens is 1. The van der Waals surface area contributed by atoms with Gasteiger partial charge >= 0.3 is 0 Å². The summed E-state index contributed by atoms with van der Waals surface area (Å²) < 4.78 is 38.4. The monoisotopic (exact) mass is 379 g/mol. The number of hydrogen-bond acceptors (Lipinski definition) is 5. The first-order valence-electron chi connectivity index (χ1n) is 6.53. The Bertz CT molecular complexity index is 599. The fourth-order valence-corrected chi connectivity index (χ4v) is 4.16. The second kappa shape index (κ2) is 7.17. The zero-order chi connectivity index (χ0) is 15.5. The van der Waals surface area contributed by atoms with Crippen LogP contribution in [-0.2, 0) is 26.1 Å². The van der Waals surface area contributed by atoms with Crippen LogP contribution in [0.2, 0.25) is 0 Å². The number of ether oxygens (including phenoxy) is 2. The Hall–Kier alpha value is -0.510. The van der Waals surface area contributed by atoms with Gasteiger partial charge in [0.05, 0.1) is 37.4 Å². The summed E-state index contributed by atoms with van der Waals surface area (Å²) in [5.74, 6) is 0. The van der Waals surface area contributed by atoms with E-state index < -0.39 is 10.0 Å². The molecule has 8 heteroatoms. The second-order valence-electron chi connectivity index (χ2n) is 4.80. The summed E-state index contributed by atoms with van der Waals surface area (Å²) in [4.78, 5) is 0.114. The fourth-order valence-electron chi connectivity index (χ4n) is 2.03. The van der Waals surface area contributed by atoms with Crippen molar-refractivity contribution in [3.8, 4) is 0 Å². The minimum atomic E-state index is -3.69. The zero-order valence-corrected chi connectivity index (χ0v) is 14.0. The first kappa shape index (κ1) is 16.9. The molecule has 1 aliphatic heterocycles. The molecule has 1 aromatic rings. The molecule has 2 N–H and O–H groups in total. The minimum Gasteiger partial charge on any atom is -0.392 e. The molecule has 118 valence electrons. The van der Waals surface area contributed by atoms with E-state index in [-0.39, 0.29) is 24.2 Å². The predicted molar refractivity (Wildman–Crippen MR) is 80.5 cm³/mol. The molecule has 2 rings (SSSR count). The normalized spacial score (nSPS) is 19.7. The number of nitrogens with one attached hydrogen (secondary N) is 1. The molecular weight excluding hydrogens is 362 g/mol. The Morgan fingerprint density at radius 2 is 2.19 bits per heavy atom. The SMILES string of the molecule is Cc1cc(CO)cc(S(=O)(=O)NCC2COCCO2)c1Br. The summed E-state index contributed by atoms with van der Waals surface area (Å²) >= 11 is 3.29. The lowest BCUT2D eigenvalue weighted by Crippen LogP contribution is -2.39. The van der Waals surface area contributed by atoms with Gasteiger partial charge in [0, 0.05) is 11.0 Å². The molecule has 0 amide bonds. The molecule has 0 aromatic heterocycles. The van der Waals surface area contributed by atoms with Gasteiger partial charge in [-0.3, -0.25) is 0 Å². The standard InChI is InChI=1S/C13H18BrNO5S/c1-9-4-10(7-16)5-12(13(9)14)21(17,18)15-6-11-8-19-2-3-20-11/h4-5,11,15-16H,2-3,6-8H2,1H3. The van der Waals surface area contributed by atoms with Gasteiger partial charge in [-0.25, -0.2) is 13.1 Å². The van der Waals surface area contributed by atoms with Gasteiger partial charge in [-0.1, -0.05) is 6.07 Å². The molecule has 0 spiro atoms. The molecule has 1 heterocycles. The number of rotatable bonds is 5. The highest BCUT2D eigenvalue weighted by Gasteiger charge is 2.22. The first-order valence-corrected chi connectivity index (χ1v) is 8.80. The van der Waals surface area contributed by atoms with Crippen molar-refractivity contribution in [1.82, 2.24) is 4.72 Å². The van der Waals surface area contributed by atoms with Gasteiger partial charge in [-0.2, -0.15) is 0 Å². The van der Waals surface area contributed by atoms with Crippen LogP contribution in [0.1, 0.15) is 11.1 Å². The van der Waals surface area contributed by atoms with Gasteiger partial charge < -0.3 is 14.6 Å². The lowest BCUT2D eigenvalue weighted by atomic mass is 10.1. The summed E-state index contributed by atoms with van der Waals surface area (Å²) in [7, 11) is -3.69. The number of hydrogen-bond donors (Lipinski definition) is 2. The van der Waals surface area contributed by atoms with Crippen molar-refractivity contribution < 1.29 is 23.0 Å². The fraction of sp³-hybridized carbons (Fsp3) is 0.538. The van der Waals surface area contributed by atoms with E-state index in [0.717, 1.165) is 5.56 Å². The van der Waals surface area contributed by atoms with Crippen molar-refractivity contribution in [3.63, 3.8) is 0 Å². The van der Waals surface area contributed by atoms with Crippen LogP contribution in [0.4, 0.5) is 0 Å². The van der Waals surface area contributed by atoms with E-state index >= 15 is 0 Å². The number of benzene rings is 1. The Morgan fingerprint density at radius 1 is 1.43 bits per heavy atom. The topological polar surface area (TPSA) is 84.9 Å². The summed E-state index contributed by atoms with van der Waals surface area (Å²) in [5, 5.41) is 9.21. The van der Waals surface area contributed by atoms with Crippen LogP contribution in [0.25, 0.3) is 0 Å². The second-order valence-corrected chi connectivity index (χ2v) is 7.33. The average Bonchev–Trinajstić information content (AvgIpc) is 2.48. The molecule has 1 aliphatic rings. The van der Waals surface area contributed by atoms with Crippen LogP contribution in [0.5, 0.6) is 0 Å². The maximum Gasteiger partial charge on any atom is 0.241 e. The predicted octanol–water partition coefficient (Wildman–Crippen LogP) is 0.944. The van der Waals surface area contributed by atoms with Gasteiger partial charge in [-0.15, -0.1) is 0 Å². The Morgan fingerprint density at radius 3 is 2.81 bits per heavy atom. The van der Waals surface area contributed by atoms with Gasteiger partial charge in [-0.05, 0) is 40.0 Å². The highest BCUT2D eigenvalue weighted by Crippen LogP contribution is 2.27. The highest BCUT2D eigenvalue weighted by atomic mass is 79.9. The maximum atomic E-state index is 12.4. The van der Waals surface area contributed by atoms with Crippen LogP contribution in [-0.4, -0.2) is 46.0 Å². The number of aliphatic hydroxyl groups excluding tert-OH is 1. The average molecular weight is 380 g/mol. The molecule has 21 heavy (non-hydrogen) atoms.